The Morgan fingerprint density at radius 2 is 1.29 bits per heavy atom. The summed E-state index contributed by atoms with van der Waals surface area (Å²) in [5.41, 5.74) is 7.84. The summed E-state index contributed by atoms with van der Waals surface area (Å²) in [7, 11) is 0. The molecule has 0 aromatic carbocycles. The Kier molecular flexibility index (Phi) is 11.5. The van der Waals surface area contributed by atoms with E-state index >= 15 is 0 Å². The van der Waals surface area contributed by atoms with E-state index in [4.69, 9.17) is 22.1 Å². The number of alkyl carbamates (subject to hydrolysis) is 1. The number of nitrogens with two attached hydrogens (primary N) is 1. The fourth-order valence-electron chi connectivity index (χ4n) is 6.48. The van der Waals surface area contributed by atoms with E-state index in [1.165, 1.54) is 19.2 Å². The number of nitrogens with one attached hydrogen (secondary N) is 4. The summed E-state index contributed by atoms with van der Waals surface area (Å²) in [6, 6.07) is 5.89. The molecule has 2 aliphatic rings. The molecule has 2 saturated heterocycles. The molecule has 15 nitrogen and oxygen atoms in total. The van der Waals surface area contributed by atoms with Gasteiger partial charge in [-0.15, -0.1) is 0 Å². The third-order valence-electron chi connectivity index (χ3n) is 8.88. The van der Waals surface area contributed by atoms with Crippen LogP contribution in [0.15, 0.2) is 55.8 Å². The SMILES string of the molecule is CC(C)(C)OC(=O)NCC1CCCN(c2ncnc3[nH]ccc23)C1.Clc1ncnc2[nH]ccc12.NCC1CCCN(c2ncnc3[nH]ccc23)C1. The topological polar surface area (TPSA) is 196 Å². The first-order valence-corrected chi connectivity index (χ1v) is 17.7. The van der Waals surface area contributed by atoms with E-state index in [2.05, 4.69) is 60.0 Å². The number of halogens is 1. The first-order valence-electron chi connectivity index (χ1n) is 17.3. The highest BCUT2D eigenvalue weighted by Crippen LogP contribution is 2.28. The van der Waals surface area contributed by atoms with Gasteiger partial charge in [0.15, 0.2) is 0 Å². The van der Waals surface area contributed by atoms with Crippen LogP contribution in [0.25, 0.3) is 33.1 Å². The summed E-state index contributed by atoms with van der Waals surface area (Å²) in [4.78, 5) is 50.7. The minimum absolute atomic E-state index is 0.352. The molecule has 6 aromatic heterocycles. The van der Waals surface area contributed by atoms with Gasteiger partial charge in [-0.2, -0.15) is 0 Å². The number of aromatic amines is 3. The fourth-order valence-corrected chi connectivity index (χ4v) is 6.67. The first kappa shape index (κ1) is 35.8. The van der Waals surface area contributed by atoms with Crippen LogP contribution >= 0.6 is 11.6 Å². The number of nitrogens with zero attached hydrogens (tertiary/aromatic N) is 8. The smallest absolute Gasteiger partial charge is 0.407 e. The Labute approximate surface area is 301 Å². The molecule has 0 aliphatic carbocycles. The molecule has 6 aromatic rings. The van der Waals surface area contributed by atoms with Gasteiger partial charge in [-0.1, -0.05) is 11.6 Å². The van der Waals surface area contributed by atoms with Crippen molar-refractivity contribution in [1.82, 2.24) is 50.2 Å². The maximum Gasteiger partial charge on any atom is 0.407 e. The summed E-state index contributed by atoms with van der Waals surface area (Å²) in [5, 5.41) is 6.39. The summed E-state index contributed by atoms with van der Waals surface area (Å²) >= 11 is 5.73. The van der Waals surface area contributed by atoms with Crippen LogP contribution in [0.1, 0.15) is 46.5 Å². The molecule has 1 amide bonds. The summed E-state index contributed by atoms with van der Waals surface area (Å²) in [5.74, 6) is 2.97. The normalized spacial score (nSPS) is 17.8. The standard InChI is InChI=1S/C17H25N5O2.C12H17N5.C6H4ClN3/c1-17(2,3)24-16(23)19-9-12-5-4-8-22(10-12)15-13-6-7-18-14(13)20-11-21-15;13-6-9-2-1-5-17(7-9)12-10-3-4-14-11(10)15-8-16-12;7-5-4-1-2-8-6(4)10-3-9-5/h6-7,11-12H,4-5,8-10H2,1-3H3,(H,19,23)(H,18,20,21);3-4,8-9H,1-2,5-7,13H2,(H,14,15,16);1-3H,(H,8,9,10). The lowest BCUT2D eigenvalue weighted by Crippen LogP contribution is -2.42. The van der Waals surface area contributed by atoms with Crippen molar-refractivity contribution in [2.24, 2.45) is 17.6 Å². The lowest BCUT2D eigenvalue weighted by atomic mass is 9.98. The van der Waals surface area contributed by atoms with Gasteiger partial charge in [0.2, 0.25) is 0 Å². The van der Waals surface area contributed by atoms with Crippen molar-refractivity contribution in [1.29, 1.82) is 0 Å². The van der Waals surface area contributed by atoms with E-state index in [9.17, 15) is 4.79 Å². The highest BCUT2D eigenvalue weighted by Gasteiger charge is 2.25. The quantitative estimate of drug-likeness (QED) is 0.143. The molecule has 0 spiro atoms. The van der Waals surface area contributed by atoms with Gasteiger partial charge in [0.05, 0.1) is 16.2 Å². The number of anilines is 2. The molecule has 2 aliphatic heterocycles. The van der Waals surface area contributed by atoms with E-state index in [1.54, 1.807) is 18.9 Å². The van der Waals surface area contributed by atoms with Gasteiger partial charge in [-0.25, -0.2) is 34.7 Å². The number of hydrogen-bond donors (Lipinski definition) is 5. The number of hydrogen-bond acceptors (Lipinski definition) is 11. The van der Waals surface area contributed by atoms with Gasteiger partial charge in [0.25, 0.3) is 0 Å². The minimum atomic E-state index is -0.469. The van der Waals surface area contributed by atoms with Crippen molar-refractivity contribution in [2.45, 2.75) is 52.1 Å². The highest BCUT2D eigenvalue weighted by molar-refractivity contribution is 6.33. The van der Waals surface area contributed by atoms with Crippen molar-refractivity contribution >= 4 is 62.4 Å². The number of H-pyrrole nitrogens is 3. The van der Waals surface area contributed by atoms with Crippen LogP contribution in [0.4, 0.5) is 16.4 Å². The highest BCUT2D eigenvalue weighted by atomic mass is 35.5. The second kappa shape index (κ2) is 16.3. The molecule has 270 valence electrons. The maximum absolute atomic E-state index is 11.8. The van der Waals surface area contributed by atoms with Crippen molar-refractivity contribution in [3.05, 3.63) is 60.9 Å². The molecule has 0 radical (unpaired) electrons. The molecule has 0 bridgehead atoms. The van der Waals surface area contributed by atoms with E-state index in [0.717, 1.165) is 90.3 Å². The number of aromatic nitrogens is 9. The zero-order chi connectivity index (χ0) is 35.8. The number of carbonyl (C=O) groups excluding carboxylic acids is 1. The monoisotopic (exact) mass is 715 g/mol. The fraction of sp³-hybridized carbons (Fsp3) is 0.457. The number of carbonyl (C=O) groups is 1. The second-order valence-corrected chi connectivity index (χ2v) is 14.2. The third kappa shape index (κ3) is 9.21. The molecule has 2 fully saturated rings. The molecule has 6 N–H and O–H groups in total. The van der Waals surface area contributed by atoms with Gasteiger partial charge >= 0.3 is 6.09 Å². The van der Waals surface area contributed by atoms with Crippen LogP contribution in [-0.4, -0.2) is 95.8 Å². The van der Waals surface area contributed by atoms with Gasteiger partial charge in [0, 0.05) is 51.3 Å². The van der Waals surface area contributed by atoms with Crippen LogP contribution in [0.3, 0.4) is 0 Å². The Balaban J connectivity index is 0.000000143. The molecule has 2 unspecified atom stereocenters. The Bertz CT molecular complexity index is 2020. The molecular formula is C35H46ClN13O2. The number of fused-ring (bicyclic) bond motifs is 3. The van der Waals surface area contributed by atoms with Gasteiger partial charge in [-0.3, -0.25) is 0 Å². The molecule has 16 heteroatoms. The van der Waals surface area contributed by atoms with E-state index in [1.807, 2.05) is 51.4 Å². The van der Waals surface area contributed by atoms with Gasteiger partial charge < -0.3 is 40.5 Å². The Morgan fingerprint density at radius 1 is 0.804 bits per heavy atom. The predicted molar refractivity (Wildman–Crippen MR) is 200 cm³/mol. The van der Waals surface area contributed by atoms with Crippen molar-refractivity contribution in [3.63, 3.8) is 0 Å². The molecule has 0 saturated carbocycles. The van der Waals surface area contributed by atoms with Crippen molar-refractivity contribution in [2.75, 3.05) is 49.1 Å². The molecule has 8 heterocycles. The number of amides is 1. The summed E-state index contributed by atoms with van der Waals surface area (Å²) in [6.07, 6.45) is 14.5. The Morgan fingerprint density at radius 3 is 1.82 bits per heavy atom. The maximum atomic E-state index is 11.8. The van der Waals surface area contributed by atoms with Crippen molar-refractivity contribution in [3.8, 4) is 0 Å². The largest absolute Gasteiger partial charge is 0.444 e. The van der Waals surface area contributed by atoms with E-state index < -0.39 is 5.60 Å². The number of ether oxygens (including phenoxy) is 1. The molecule has 2 atom stereocenters. The Hall–Kier alpha value is -5.02. The molecule has 8 rings (SSSR count). The van der Waals surface area contributed by atoms with Crippen LogP contribution in [0.2, 0.25) is 5.15 Å². The number of rotatable bonds is 5. The van der Waals surface area contributed by atoms with Crippen LogP contribution < -0.4 is 20.9 Å². The lowest BCUT2D eigenvalue weighted by Gasteiger charge is -2.34. The summed E-state index contributed by atoms with van der Waals surface area (Å²) < 4.78 is 5.30. The van der Waals surface area contributed by atoms with Crippen molar-refractivity contribution < 1.29 is 9.53 Å². The van der Waals surface area contributed by atoms with Crippen LogP contribution in [0, 0.1) is 11.8 Å². The van der Waals surface area contributed by atoms with Crippen LogP contribution in [0.5, 0.6) is 0 Å². The van der Waals surface area contributed by atoms with Crippen LogP contribution in [-0.2, 0) is 4.74 Å². The third-order valence-corrected chi connectivity index (χ3v) is 9.18. The number of piperidine rings is 2. The first-order chi connectivity index (χ1) is 24.7. The minimum Gasteiger partial charge on any atom is -0.444 e. The average molecular weight is 716 g/mol. The summed E-state index contributed by atoms with van der Waals surface area (Å²) in [6.45, 7) is 10.9. The zero-order valence-electron chi connectivity index (χ0n) is 29.3. The predicted octanol–water partition coefficient (Wildman–Crippen LogP) is 5.44. The lowest BCUT2D eigenvalue weighted by molar-refractivity contribution is 0.0517. The van der Waals surface area contributed by atoms with Gasteiger partial charge in [-0.05, 0) is 83.0 Å². The average Bonchev–Trinajstić information content (AvgIpc) is 3.92. The van der Waals surface area contributed by atoms with E-state index in [0.29, 0.717) is 23.5 Å². The van der Waals surface area contributed by atoms with E-state index in [-0.39, 0.29) is 6.09 Å². The van der Waals surface area contributed by atoms with Gasteiger partial charge in [0.1, 0.15) is 58.3 Å². The zero-order valence-corrected chi connectivity index (χ0v) is 30.0. The molecule has 51 heavy (non-hydrogen) atoms. The molecular weight excluding hydrogens is 670 g/mol. The second-order valence-electron chi connectivity index (χ2n) is 13.8.